The first-order chi connectivity index (χ1) is 9.14. The molecule has 3 nitrogen and oxygen atoms in total. The molecule has 4 aliphatic rings. The van der Waals surface area contributed by atoms with Gasteiger partial charge in [0.05, 0.1) is 12.2 Å². The molecule has 0 aromatic rings. The van der Waals surface area contributed by atoms with Gasteiger partial charge in [-0.25, -0.2) is 0 Å². The zero-order valence-corrected chi connectivity index (χ0v) is 11.8. The van der Waals surface area contributed by atoms with Gasteiger partial charge in [-0.05, 0) is 50.1 Å². The van der Waals surface area contributed by atoms with Crippen LogP contribution in [0.15, 0.2) is 11.6 Å². The molecule has 0 amide bonds. The molecule has 19 heavy (non-hydrogen) atoms. The van der Waals surface area contributed by atoms with Gasteiger partial charge in [-0.3, -0.25) is 4.90 Å². The van der Waals surface area contributed by atoms with Crippen LogP contribution in [0.25, 0.3) is 0 Å². The molecule has 0 aromatic carbocycles. The van der Waals surface area contributed by atoms with Gasteiger partial charge in [0.15, 0.2) is 0 Å². The molecule has 1 spiro atoms. The minimum Gasteiger partial charge on any atom is -0.390 e. The van der Waals surface area contributed by atoms with Crippen molar-refractivity contribution in [1.82, 2.24) is 4.90 Å². The monoisotopic (exact) mass is 263 g/mol. The van der Waals surface area contributed by atoms with Crippen LogP contribution in [0.3, 0.4) is 0 Å². The second-order valence-electron chi connectivity index (χ2n) is 7.24. The Morgan fingerprint density at radius 2 is 2.11 bits per heavy atom. The number of hydrogen-bond acceptors (Lipinski definition) is 3. The molecule has 106 valence electrons. The Bertz CT molecular complexity index is 421. The molecule has 2 saturated carbocycles. The Kier molecular flexibility index (Phi) is 2.64. The van der Waals surface area contributed by atoms with Gasteiger partial charge in [-0.1, -0.05) is 13.0 Å². The maximum atomic E-state index is 10.6. The van der Waals surface area contributed by atoms with E-state index in [-0.39, 0.29) is 17.4 Å². The molecule has 4 rings (SSSR count). The van der Waals surface area contributed by atoms with Crippen molar-refractivity contribution in [3.8, 4) is 0 Å². The number of piperidine rings is 1. The highest BCUT2D eigenvalue weighted by molar-refractivity contribution is 5.36. The van der Waals surface area contributed by atoms with E-state index in [0.29, 0.717) is 5.92 Å². The maximum Gasteiger partial charge on any atom is 0.0868 e. The molecule has 3 heteroatoms. The summed E-state index contributed by atoms with van der Waals surface area (Å²) in [6, 6.07) is 0. The molecule has 2 N–H and O–H groups in total. The maximum absolute atomic E-state index is 10.6. The van der Waals surface area contributed by atoms with Crippen LogP contribution in [0, 0.1) is 17.8 Å². The third-order valence-electron chi connectivity index (χ3n) is 6.27. The van der Waals surface area contributed by atoms with Gasteiger partial charge in [-0.2, -0.15) is 0 Å². The molecular formula is C16H25NO2. The lowest BCUT2D eigenvalue weighted by molar-refractivity contribution is -0.159. The third-order valence-corrected chi connectivity index (χ3v) is 6.27. The SMILES string of the molecule is C[C@@H]1C[C@H]2C3=CCCN4CCC[C@H]([C@H](O)[C@H]2O)[C@]34C1. The van der Waals surface area contributed by atoms with Crippen LogP contribution in [0.4, 0.5) is 0 Å². The first kappa shape index (κ1) is 12.4. The van der Waals surface area contributed by atoms with E-state index >= 15 is 0 Å². The second-order valence-corrected chi connectivity index (χ2v) is 7.24. The fourth-order valence-electron chi connectivity index (χ4n) is 5.73. The molecule has 2 aliphatic carbocycles. The van der Waals surface area contributed by atoms with E-state index in [2.05, 4.69) is 17.9 Å². The molecular weight excluding hydrogens is 238 g/mol. The van der Waals surface area contributed by atoms with Crippen LogP contribution in [0.1, 0.15) is 39.0 Å². The highest BCUT2D eigenvalue weighted by Crippen LogP contribution is 2.58. The van der Waals surface area contributed by atoms with Crippen LogP contribution in [0.5, 0.6) is 0 Å². The van der Waals surface area contributed by atoms with Crippen molar-refractivity contribution in [2.75, 3.05) is 13.1 Å². The summed E-state index contributed by atoms with van der Waals surface area (Å²) in [7, 11) is 0. The Hall–Kier alpha value is -0.380. The largest absolute Gasteiger partial charge is 0.390 e. The fourth-order valence-corrected chi connectivity index (χ4v) is 5.73. The van der Waals surface area contributed by atoms with E-state index in [1.807, 2.05) is 0 Å². The molecule has 3 fully saturated rings. The Morgan fingerprint density at radius 1 is 1.26 bits per heavy atom. The second kappa shape index (κ2) is 4.06. The number of hydrogen-bond donors (Lipinski definition) is 2. The summed E-state index contributed by atoms with van der Waals surface area (Å²) in [5, 5.41) is 21.2. The van der Waals surface area contributed by atoms with Gasteiger partial charge in [0.25, 0.3) is 0 Å². The minimum absolute atomic E-state index is 0.0947. The molecule has 0 radical (unpaired) electrons. The van der Waals surface area contributed by atoms with Gasteiger partial charge in [0, 0.05) is 23.9 Å². The summed E-state index contributed by atoms with van der Waals surface area (Å²) in [5.41, 5.74) is 1.58. The summed E-state index contributed by atoms with van der Waals surface area (Å²) in [5.74, 6) is 1.11. The number of rotatable bonds is 0. The van der Waals surface area contributed by atoms with E-state index in [1.54, 1.807) is 0 Å². The van der Waals surface area contributed by atoms with Crippen molar-refractivity contribution in [2.24, 2.45) is 17.8 Å². The van der Waals surface area contributed by atoms with Gasteiger partial charge in [0.2, 0.25) is 0 Å². The smallest absolute Gasteiger partial charge is 0.0868 e. The summed E-state index contributed by atoms with van der Waals surface area (Å²) in [6.45, 7) is 4.64. The summed E-state index contributed by atoms with van der Waals surface area (Å²) < 4.78 is 0. The highest BCUT2D eigenvalue weighted by atomic mass is 16.3. The normalized spacial score (nSPS) is 53.4. The van der Waals surface area contributed by atoms with Crippen LogP contribution < -0.4 is 0 Å². The predicted octanol–water partition coefficient (Wildman–Crippen LogP) is 1.55. The lowest BCUT2D eigenvalue weighted by atomic mass is 9.51. The molecule has 6 atom stereocenters. The minimum atomic E-state index is -0.537. The quantitative estimate of drug-likeness (QED) is 0.652. The summed E-state index contributed by atoms with van der Waals surface area (Å²) in [6.07, 6.45) is 6.95. The molecule has 2 heterocycles. The lowest BCUT2D eigenvalue weighted by Gasteiger charge is -2.65. The first-order valence-corrected chi connectivity index (χ1v) is 7.96. The molecule has 1 saturated heterocycles. The van der Waals surface area contributed by atoms with Crippen LogP contribution >= 0.6 is 0 Å². The van der Waals surface area contributed by atoms with E-state index < -0.39 is 12.2 Å². The number of aliphatic hydroxyl groups is 2. The molecule has 2 bridgehead atoms. The van der Waals surface area contributed by atoms with Crippen LogP contribution in [0.2, 0.25) is 0 Å². The van der Waals surface area contributed by atoms with E-state index in [9.17, 15) is 10.2 Å². The van der Waals surface area contributed by atoms with Gasteiger partial charge < -0.3 is 10.2 Å². The van der Waals surface area contributed by atoms with Crippen molar-refractivity contribution >= 4 is 0 Å². The standard InChI is InChI=1S/C16H25NO2/c1-10-8-11-12-4-2-6-17-7-3-5-13(15(19)14(11)18)16(12,17)9-10/h4,10-11,13-15,18-19H,2-3,5-9H2,1H3/t10-,11+,13-,14+,15+,16+/m1/s1. The predicted molar refractivity (Wildman–Crippen MR) is 73.6 cm³/mol. The summed E-state index contributed by atoms with van der Waals surface area (Å²) in [4.78, 5) is 2.65. The Balaban J connectivity index is 1.88. The van der Waals surface area contributed by atoms with E-state index in [0.717, 1.165) is 25.8 Å². The van der Waals surface area contributed by atoms with Crippen LogP contribution in [-0.2, 0) is 0 Å². The Morgan fingerprint density at radius 3 is 2.95 bits per heavy atom. The topological polar surface area (TPSA) is 43.7 Å². The summed E-state index contributed by atoms with van der Waals surface area (Å²) >= 11 is 0. The molecule has 0 aromatic heterocycles. The van der Waals surface area contributed by atoms with Crippen molar-refractivity contribution < 1.29 is 10.2 Å². The van der Waals surface area contributed by atoms with Gasteiger partial charge in [-0.15, -0.1) is 0 Å². The lowest BCUT2D eigenvalue weighted by Crippen LogP contribution is -2.71. The van der Waals surface area contributed by atoms with Gasteiger partial charge in [0.1, 0.15) is 0 Å². The third kappa shape index (κ3) is 1.44. The van der Waals surface area contributed by atoms with E-state index in [4.69, 9.17) is 0 Å². The van der Waals surface area contributed by atoms with Crippen molar-refractivity contribution in [2.45, 2.75) is 56.8 Å². The van der Waals surface area contributed by atoms with Crippen molar-refractivity contribution in [1.29, 1.82) is 0 Å². The zero-order chi connectivity index (χ0) is 13.2. The zero-order valence-electron chi connectivity index (χ0n) is 11.8. The number of aliphatic hydroxyl groups excluding tert-OH is 2. The fraction of sp³-hybridized carbons (Fsp3) is 0.875. The van der Waals surface area contributed by atoms with E-state index in [1.165, 1.54) is 25.0 Å². The highest BCUT2D eigenvalue weighted by Gasteiger charge is 2.62. The van der Waals surface area contributed by atoms with Crippen molar-refractivity contribution in [3.63, 3.8) is 0 Å². The van der Waals surface area contributed by atoms with Crippen LogP contribution in [-0.4, -0.2) is 45.9 Å². The van der Waals surface area contributed by atoms with Crippen molar-refractivity contribution in [3.05, 3.63) is 11.6 Å². The molecule has 2 aliphatic heterocycles. The average Bonchev–Trinajstić information content (AvgIpc) is 2.40. The number of nitrogens with zero attached hydrogens (tertiary/aromatic N) is 1. The Labute approximate surface area is 115 Å². The first-order valence-electron chi connectivity index (χ1n) is 7.96. The van der Waals surface area contributed by atoms with Gasteiger partial charge >= 0.3 is 0 Å². The average molecular weight is 263 g/mol. The molecule has 0 unspecified atom stereocenters.